The Morgan fingerprint density at radius 3 is 2.53 bits per heavy atom. The van der Waals surface area contributed by atoms with E-state index in [4.69, 9.17) is 19.9 Å². The van der Waals surface area contributed by atoms with Crippen LogP contribution in [0, 0.1) is 13.8 Å². The molecule has 0 aliphatic heterocycles. The predicted molar refractivity (Wildman–Crippen MR) is 69.8 cm³/mol. The summed E-state index contributed by atoms with van der Waals surface area (Å²) in [6.45, 7) is 5.26. The molecule has 0 radical (unpaired) electrons. The van der Waals surface area contributed by atoms with Crippen LogP contribution >= 0.6 is 0 Å². The van der Waals surface area contributed by atoms with Crippen molar-refractivity contribution in [1.82, 2.24) is 9.78 Å². The van der Waals surface area contributed by atoms with E-state index in [1.165, 1.54) is 0 Å². The lowest BCUT2D eigenvalue weighted by atomic mass is 10.3. The normalized spacial score (nSPS) is 10.7. The second-order valence-electron chi connectivity index (χ2n) is 4.07. The quantitative estimate of drug-likeness (QED) is 0.540. The lowest BCUT2D eigenvalue weighted by Crippen LogP contribution is -2.18. The van der Waals surface area contributed by atoms with E-state index in [0.717, 1.165) is 5.69 Å². The molecule has 0 saturated carbocycles. The van der Waals surface area contributed by atoms with Crippen molar-refractivity contribution in [3.05, 3.63) is 11.4 Å². The Labute approximate surface area is 112 Å². The van der Waals surface area contributed by atoms with Gasteiger partial charge < -0.3 is 19.9 Å². The van der Waals surface area contributed by atoms with Gasteiger partial charge in [0, 0.05) is 7.11 Å². The first kappa shape index (κ1) is 15.5. The van der Waals surface area contributed by atoms with Crippen molar-refractivity contribution in [1.29, 1.82) is 0 Å². The topological polar surface area (TPSA) is 88.6 Å². The molecule has 0 fully saturated rings. The van der Waals surface area contributed by atoms with Crippen molar-refractivity contribution in [2.24, 2.45) is 0 Å². The largest absolute Gasteiger partial charge is 0.462 e. The molecule has 19 heavy (non-hydrogen) atoms. The molecule has 0 bridgehead atoms. The maximum atomic E-state index is 11.6. The first-order valence-corrected chi connectivity index (χ1v) is 6.08. The van der Waals surface area contributed by atoms with Gasteiger partial charge in [0.2, 0.25) is 0 Å². The van der Waals surface area contributed by atoms with Crippen LogP contribution in [0.4, 0.5) is 5.69 Å². The molecule has 1 heterocycles. The van der Waals surface area contributed by atoms with Gasteiger partial charge in [-0.05, 0) is 13.8 Å². The Bertz CT molecular complexity index is 417. The third-order valence-electron chi connectivity index (χ3n) is 2.64. The van der Waals surface area contributed by atoms with Gasteiger partial charge in [-0.3, -0.25) is 9.48 Å². The van der Waals surface area contributed by atoms with Gasteiger partial charge in [-0.25, -0.2) is 0 Å². The second kappa shape index (κ2) is 7.75. The number of anilines is 1. The fourth-order valence-electron chi connectivity index (χ4n) is 1.49. The summed E-state index contributed by atoms with van der Waals surface area (Å²) < 4.78 is 16.6. The number of hydrogen-bond acceptors (Lipinski definition) is 6. The third-order valence-corrected chi connectivity index (χ3v) is 2.64. The summed E-state index contributed by atoms with van der Waals surface area (Å²) >= 11 is 0. The lowest BCUT2D eigenvalue weighted by molar-refractivity contribution is -0.146. The number of rotatable bonds is 8. The predicted octanol–water partition coefficient (Wildman–Crippen LogP) is 0.288. The molecule has 1 aromatic rings. The Morgan fingerprint density at radius 2 is 1.95 bits per heavy atom. The van der Waals surface area contributed by atoms with Crippen molar-refractivity contribution in [3.8, 4) is 0 Å². The van der Waals surface area contributed by atoms with Gasteiger partial charge in [0.05, 0.1) is 36.9 Å². The molecule has 1 rings (SSSR count). The van der Waals surface area contributed by atoms with Crippen LogP contribution in [0.25, 0.3) is 0 Å². The third kappa shape index (κ3) is 4.88. The standard InChI is InChI=1S/C12H21N3O4/c1-9-12(13)10(2)15(14-9)8-11(16)19-7-6-18-5-4-17-3/h4-8,13H2,1-3H3. The Morgan fingerprint density at radius 1 is 1.26 bits per heavy atom. The molecular formula is C12H21N3O4. The molecule has 0 spiro atoms. The summed E-state index contributed by atoms with van der Waals surface area (Å²) in [6, 6.07) is 0. The number of aryl methyl sites for hydroxylation is 1. The molecular weight excluding hydrogens is 250 g/mol. The monoisotopic (exact) mass is 271 g/mol. The summed E-state index contributed by atoms with van der Waals surface area (Å²) in [5.74, 6) is -0.360. The smallest absolute Gasteiger partial charge is 0.327 e. The molecule has 2 N–H and O–H groups in total. The summed E-state index contributed by atoms with van der Waals surface area (Å²) in [6.07, 6.45) is 0. The Hall–Kier alpha value is -1.60. The highest BCUT2D eigenvalue weighted by Crippen LogP contribution is 2.14. The minimum Gasteiger partial charge on any atom is -0.462 e. The number of carbonyl (C=O) groups excluding carboxylic acids is 1. The highest BCUT2D eigenvalue weighted by atomic mass is 16.6. The zero-order chi connectivity index (χ0) is 14.3. The minimum absolute atomic E-state index is 0.0575. The van der Waals surface area contributed by atoms with Crippen LogP contribution in [0.15, 0.2) is 0 Å². The van der Waals surface area contributed by atoms with Crippen LogP contribution in [0.3, 0.4) is 0 Å². The minimum atomic E-state index is -0.360. The Kier molecular flexibility index (Phi) is 6.31. The van der Waals surface area contributed by atoms with Gasteiger partial charge in [-0.2, -0.15) is 5.10 Å². The van der Waals surface area contributed by atoms with Gasteiger partial charge >= 0.3 is 5.97 Å². The van der Waals surface area contributed by atoms with E-state index in [0.29, 0.717) is 31.2 Å². The molecule has 1 aromatic heterocycles. The van der Waals surface area contributed by atoms with Gasteiger partial charge in [0.25, 0.3) is 0 Å². The van der Waals surface area contributed by atoms with Gasteiger partial charge in [-0.1, -0.05) is 0 Å². The number of methoxy groups -OCH3 is 1. The first-order chi connectivity index (χ1) is 9.06. The van der Waals surface area contributed by atoms with Crippen LogP contribution < -0.4 is 5.73 Å². The van der Waals surface area contributed by atoms with E-state index in [1.54, 1.807) is 18.7 Å². The molecule has 0 saturated heterocycles. The van der Waals surface area contributed by atoms with Gasteiger partial charge in [-0.15, -0.1) is 0 Å². The van der Waals surface area contributed by atoms with E-state index in [1.807, 2.05) is 6.92 Å². The Balaban J connectivity index is 2.26. The number of carbonyl (C=O) groups is 1. The van der Waals surface area contributed by atoms with Crippen molar-refractivity contribution >= 4 is 11.7 Å². The number of aromatic nitrogens is 2. The molecule has 0 aliphatic rings. The number of esters is 1. The molecule has 7 heteroatoms. The van der Waals surface area contributed by atoms with Crippen LogP contribution in [0.1, 0.15) is 11.4 Å². The van der Waals surface area contributed by atoms with Gasteiger partial charge in [0.1, 0.15) is 13.2 Å². The van der Waals surface area contributed by atoms with E-state index in [-0.39, 0.29) is 19.1 Å². The van der Waals surface area contributed by atoms with E-state index < -0.39 is 0 Å². The van der Waals surface area contributed by atoms with Crippen molar-refractivity contribution in [2.75, 3.05) is 39.3 Å². The zero-order valence-electron chi connectivity index (χ0n) is 11.6. The maximum absolute atomic E-state index is 11.6. The fraction of sp³-hybridized carbons (Fsp3) is 0.667. The molecule has 0 unspecified atom stereocenters. The van der Waals surface area contributed by atoms with Crippen molar-refractivity contribution in [3.63, 3.8) is 0 Å². The number of nitrogen functional groups attached to an aromatic ring is 1. The summed E-state index contributed by atoms with van der Waals surface area (Å²) in [5, 5.41) is 4.16. The zero-order valence-corrected chi connectivity index (χ0v) is 11.6. The molecule has 0 aromatic carbocycles. The molecule has 7 nitrogen and oxygen atoms in total. The maximum Gasteiger partial charge on any atom is 0.327 e. The number of nitrogens with two attached hydrogens (primary N) is 1. The van der Waals surface area contributed by atoms with Crippen molar-refractivity contribution < 1.29 is 19.0 Å². The van der Waals surface area contributed by atoms with E-state index in [9.17, 15) is 4.79 Å². The summed E-state index contributed by atoms with van der Waals surface area (Å²) in [5.41, 5.74) is 7.87. The number of nitrogens with zero attached hydrogens (tertiary/aromatic N) is 2. The van der Waals surface area contributed by atoms with Crippen LogP contribution in [0.5, 0.6) is 0 Å². The fourth-order valence-corrected chi connectivity index (χ4v) is 1.49. The van der Waals surface area contributed by atoms with Crippen LogP contribution in [-0.4, -0.2) is 49.3 Å². The summed E-state index contributed by atoms with van der Waals surface area (Å²) in [4.78, 5) is 11.6. The first-order valence-electron chi connectivity index (χ1n) is 6.08. The van der Waals surface area contributed by atoms with E-state index in [2.05, 4.69) is 5.10 Å². The average Bonchev–Trinajstić information content (AvgIpc) is 2.61. The number of hydrogen-bond donors (Lipinski definition) is 1. The highest BCUT2D eigenvalue weighted by molar-refractivity contribution is 5.69. The highest BCUT2D eigenvalue weighted by Gasteiger charge is 2.12. The van der Waals surface area contributed by atoms with Crippen LogP contribution in [-0.2, 0) is 25.5 Å². The van der Waals surface area contributed by atoms with E-state index >= 15 is 0 Å². The average molecular weight is 271 g/mol. The summed E-state index contributed by atoms with van der Waals surface area (Å²) in [7, 11) is 1.60. The van der Waals surface area contributed by atoms with Crippen LogP contribution in [0.2, 0.25) is 0 Å². The molecule has 0 amide bonds. The SMILES string of the molecule is COCCOCCOC(=O)Cn1nc(C)c(N)c1C. The van der Waals surface area contributed by atoms with Gasteiger partial charge in [0.15, 0.2) is 0 Å². The van der Waals surface area contributed by atoms with Crippen molar-refractivity contribution in [2.45, 2.75) is 20.4 Å². The molecule has 0 aliphatic carbocycles. The second-order valence-corrected chi connectivity index (χ2v) is 4.07. The lowest BCUT2D eigenvalue weighted by Gasteiger charge is -2.07. The molecule has 0 atom stereocenters. The number of ether oxygens (including phenoxy) is 3. The molecule has 108 valence electrons.